The first-order valence-electron chi connectivity index (χ1n) is 7.82. The summed E-state index contributed by atoms with van der Waals surface area (Å²) in [4.78, 5) is 16.9. The largest absolute Gasteiger partial charge is 0.357 e. The van der Waals surface area contributed by atoms with Crippen molar-refractivity contribution in [1.82, 2.24) is 15.2 Å². The Morgan fingerprint density at radius 1 is 1.31 bits per heavy atom. The van der Waals surface area contributed by atoms with Gasteiger partial charge in [-0.15, -0.1) is 28.1 Å². The molecule has 0 fully saturated rings. The minimum absolute atomic E-state index is 0.111. The zero-order valence-corrected chi connectivity index (χ0v) is 16.5. The molecule has 3 rings (SSSR count). The number of thioether (sulfide) groups is 1. The number of thiazole rings is 1. The second-order valence-corrected chi connectivity index (χ2v) is 8.62. The van der Waals surface area contributed by atoms with Crippen molar-refractivity contribution in [3.05, 3.63) is 48.4 Å². The lowest BCUT2D eigenvalue weighted by atomic mass is 10.2. The van der Waals surface area contributed by atoms with E-state index in [1.54, 1.807) is 6.08 Å². The monoisotopic (exact) mass is 403 g/mol. The van der Waals surface area contributed by atoms with Crippen LogP contribution in [0.2, 0.25) is 0 Å². The Morgan fingerprint density at radius 2 is 2.12 bits per heavy atom. The lowest BCUT2D eigenvalue weighted by Gasteiger charge is -2.07. The van der Waals surface area contributed by atoms with Gasteiger partial charge in [0.15, 0.2) is 9.47 Å². The first-order chi connectivity index (χ1) is 12.7. The second kappa shape index (κ2) is 8.93. The van der Waals surface area contributed by atoms with E-state index < -0.39 is 0 Å². The van der Waals surface area contributed by atoms with Crippen LogP contribution < -0.4 is 10.6 Å². The van der Waals surface area contributed by atoms with E-state index in [0.717, 1.165) is 15.6 Å². The van der Waals surface area contributed by atoms with Gasteiger partial charge in [-0.1, -0.05) is 59.5 Å². The molecule has 1 atom stereocenters. The van der Waals surface area contributed by atoms with E-state index in [1.807, 2.05) is 42.6 Å². The zero-order valence-electron chi connectivity index (χ0n) is 14.0. The van der Waals surface area contributed by atoms with Gasteiger partial charge in [0.05, 0.1) is 10.9 Å². The van der Waals surface area contributed by atoms with Crippen LogP contribution in [0.1, 0.15) is 6.92 Å². The molecule has 0 bridgehead atoms. The van der Waals surface area contributed by atoms with Gasteiger partial charge in [0.1, 0.15) is 0 Å². The number of anilines is 2. The average Bonchev–Trinajstić information content (AvgIpc) is 3.30. The van der Waals surface area contributed by atoms with Gasteiger partial charge in [-0.2, -0.15) is 0 Å². The molecule has 2 heterocycles. The molecule has 9 heteroatoms. The summed E-state index contributed by atoms with van der Waals surface area (Å²) in [6.07, 6.45) is 1.75. The minimum Gasteiger partial charge on any atom is -0.357 e. The molecule has 2 aromatic heterocycles. The maximum Gasteiger partial charge on any atom is 0.239 e. The van der Waals surface area contributed by atoms with Crippen molar-refractivity contribution in [3.8, 4) is 11.3 Å². The molecule has 0 aliphatic rings. The molecule has 6 nitrogen and oxygen atoms in total. The molecule has 134 valence electrons. The van der Waals surface area contributed by atoms with Crippen molar-refractivity contribution >= 4 is 50.6 Å². The summed E-state index contributed by atoms with van der Waals surface area (Å²) in [6, 6.07) is 9.88. The molecule has 0 unspecified atom stereocenters. The van der Waals surface area contributed by atoms with Gasteiger partial charge < -0.3 is 10.6 Å². The number of hydrogen-bond donors (Lipinski definition) is 2. The zero-order chi connectivity index (χ0) is 18.4. The molecule has 0 aliphatic carbocycles. The van der Waals surface area contributed by atoms with E-state index in [2.05, 4.69) is 32.4 Å². The Balaban J connectivity index is 1.57. The van der Waals surface area contributed by atoms with Gasteiger partial charge in [0.2, 0.25) is 11.0 Å². The summed E-state index contributed by atoms with van der Waals surface area (Å²) < 4.78 is 0.739. The number of carbonyl (C=O) groups excluding carboxylic acids is 1. The highest BCUT2D eigenvalue weighted by Gasteiger charge is 2.18. The van der Waals surface area contributed by atoms with E-state index in [0.29, 0.717) is 16.8 Å². The van der Waals surface area contributed by atoms with Crippen molar-refractivity contribution in [1.29, 1.82) is 0 Å². The average molecular weight is 404 g/mol. The Labute approximate surface area is 163 Å². The molecule has 1 amide bonds. The topological polar surface area (TPSA) is 79.8 Å². The third-order valence-electron chi connectivity index (χ3n) is 3.25. The number of nitrogens with one attached hydrogen (secondary N) is 2. The number of nitrogens with zero attached hydrogens (tertiary/aromatic N) is 3. The molecular formula is C17H17N5OS3. The lowest BCUT2D eigenvalue weighted by Crippen LogP contribution is -2.22. The molecule has 0 saturated carbocycles. The molecule has 26 heavy (non-hydrogen) atoms. The smallest absolute Gasteiger partial charge is 0.239 e. The molecule has 3 aromatic rings. The summed E-state index contributed by atoms with van der Waals surface area (Å²) in [5.74, 6) is -0.111. The van der Waals surface area contributed by atoms with Crippen LogP contribution in [0.3, 0.4) is 0 Å². The predicted octanol–water partition coefficient (Wildman–Crippen LogP) is 4.38. The summed E-state index contributed by atoms with van der Waals surface area (Å²) in [5.41, 5.74) is 1.88. The van der Waals surface area contributed by atoms with E-state index in [9.17, 15) is 4.79 Å². The summed E-state index contributed by atoms with van der Waals surface area (Å²) >= 11 is 4.20. The molecule has 0 radical (unpaired) electrons. The van der Waals surface area contributed by atoms with Crippen molar-refractivity contribution in [2.24, 2.45) is 0 Å². The molecular weight excluding hydrogens is 386 g/mol. The van der Waals surface area contributed by atoms with Crippen molar-refractivity contribution in [2.45, 2.75) is 16.5 Å². The molecule has 1 aromatic carbocycles. The van der Waals surface area contributed by atoms with E-state index in [1.165, 1.54) is 34.4 Å². The maximum absolute atomic E-state index is 12.4. The van der Waals surface area contributed by atoms with Gasteiger partial charge >= 0.3 is 0 Å². The molecule has 0 spiro atoms. The van der Waals surface area contributed by atoms with Gasteiger partial charge in [0, 0.05) is 17.5 Å². The Kier molecular flexibility index (Phi) is 6.37. The fraction of sp³-hybridized carbons (Fsp3) is 0.176. The highest BCUT2D eigenvalue weighted by atomic mass is 32.2. The lowest BCUT2D eigenvalue weighted by molar-refractivity contribution is -0.115. The highest BCUT2D eigenvalue weighted by molar-refractivity contribution is 8.02. The molecule has 0 aliphatic heterocycles. The Bertz CT molecular complexity index is 877. The number of rotatable bonds is 8. The van der Waals surface area contributed by atoms with Crippen LogP contribution in [0.4, 0.5) is 10.3 Å². The van der Waals surface area contributed by atoms with Crippen molar-refractivity contribution in [3.63, 3.8) is 0 Å². The van der Waals surface area contributed by atoms with Crippen LogP contribution in [0, 0.1) is 0 Å². The third-order valence-corrected chi connectivity index (χ3v) is 6.08. The second-order valence-electron chi connectivity index (χ2n) is 5.20. The number of benzene rings is 1. The number of hydrogen-bond acceptors (Lipinski definition) is 8. The van der Waals surface area contributed by atoms with Crippen LogP contribution in [0.15, 0.2) is 52.7 Å². The number of amides is 1. The van der Waals surface area contributed by atoms with Gasteiger partial charge in [-0.3, -0.25) is 4.79 Å². The van der Waals surface area contributed by atoms with Gasteiger partial charge in [-0.05, 0) is 6.92 Å². The third kappa shape index (κ3) is 4.90. The van der Waals surface area contributed by atoms with Crippen LogP contribution in [-0.2, 0) is 4.79 Å². The summed E-state index contributed by atoms with van der Waals surface area (Å²) in [7, 11) is 0. The fourth-order valence-corrected chi connectivity index (χ4v) is 4.60. The first-order valence-corrected chi connectivity index (χ1v) is 10.4. The standard InChI is InChI=1S/C17H17N5OS3/c1-3-9-18-15-21-22-17(26-15)25-11(2)14(23)20-16-19-13(10-24-16)12-7-5-4-6-8-12/h3-8,10-11H,1,9H2,2H3,(H,18,21)(H,19,20,23)/t11-/m1/s1. The van der Waals surface area contributed by atoms with E-state index >= 15 is 0 Å². The van der Waals surface area contributed by atoms with E-state index in [4.69, 9.17) is 0 Å². The highest BCUT2D eigenvalue weighted by Crippen LogP contribution is 2.30. The van der Waals surface area contributed by atoms with Crippen LogP contribution in [-0.4, -0.2) is 32.9 Å². The van der Waals surface area contributed by atoms with Crippen molar-refractivity contribution < 1.29 is 4.79 Å². The number of carbonyl (C=O) groups is 1. The Morgan fingerprint density at radius 3 is 2.88 bits per heavy atom. The SMILES string of the molecule is C=CCNc1nnc(S[C@H](C)C(=O)Nc2nc(-c3ccccc3)cs2)s1. The van der Waals surface area contributed by atoms with Gasteiger partial charge in [0.25, 0.3) is 0 Å². The van der Waals surface area contributed by atoms with Crippen molar-refractivity contribution in [2.75, 3.05) is 17.2 Å². The first kappa shape index (κ1) is 18.6. The van der Waals surface area contributed by atoms with Crippen LogP contribution >= 0.6 is 34.4 Å². The number of aromatic nitrogens is 3. The Hall–Kier alpha value is -2.23. The maximum atomic E-state index is 12.4. The minimum atomic E-state index is -0.306. The van der Waals surface area contributed by atoms with E-state index in [-0.39, 0.29) is 11.2 Å². The fourth-order valence-electron chi connectivity index (χ4n) is 1.97. The van der Waals surface area contributed by atoms with Crippen LogP contribution in [0.5, 0.6) is 0 Å². The predicted molar refractivity (Wildman–Crippen MR) is 110 cm³/mol. The summed E-state index contributed by atoms with van der Waals surface area (Å²) in [5, 5.41) is 17.0. The summed E-state index contributed by atoms with van der Waals surface area (Å²) in [6.45, 7) is 6.11. The molecule has 2 N–H and O–H groups in total. The molecule has 0 saturated heterocycles. The normalized spacial score (nSPS) is 11.7. The van der Waals surface area contributed by atoms with Gasteiger partial charge in [-0.25, -0.2) is 4.98 Å². The quantitative estimate of drug-likeness (QED) is 0.429. The van der Waals surface area contributed by atoms with Crippen LogP contribution in [0.25, 0.3) is 11.3 Å².